The summed E-state index contributed by atoms with van der Waals surface area (Å²) in [4.78, 5) is 33.7. The summed E-state index contributed by atoms with van der Waals surface area (Å²) in [6.45, 7) is 7.17. The van der Waals surface area contributed by atoms with Gasteiger partial charge in [0, 0.05) is 25.1 Å². The van der Waals surface area contributed by atoms with Crippen molar-refractivity contribution in [2.24, 2.45) is 0 Å². The number of methoxy groups -OCH3 is 1. The van der Waals surface area contributed by atoms with Crippen LogP contribution in [0.1, 0.15) is 10.4 Å². The number of aromatic nitrogens is 2. The molecular weight excluding hydrogens is 374 g/mol. The van der Waals surface area contributed by atoms with E-state index in [-0.39, 0.29) is 17.2 Å². The number of morpholine rings is 1. The van der Waals surface area contributed by atoms with Crippen molar-refractivity contribution in [3.05, 3.63) is 20.8 Å². The summed E-state index contributed by atoms with van der Waals surface area (Å²) in [5.41, 5.74) is 0.921. The van der Waals surface area contributed by atoms with Gasteiger partial charge in [-0.15, -0.1) is 11.3 Å². The van der Waals surface area contributed by atoms with Crippen LogP contribution in [0.15, 0.2) is 9.95 Å². The van der Waals surface area contributed by atoms with Gasteiger partial charge in [-0.05, 0) is 19.4 Å². The van der Waals surface area contributed by atoms with Crippen molar-refractivity contribution in [2.45, 2.75) is 25.5 Å². The van der Waals surface area contributed by atoms with Gasteiger partial charge in [-0.1, -0.05) is 11.8 Å². The third-order valence-corrected chi connectivity index (χ3v) is 6.52. The molecule has 0 saturated carbocycles. The lowest BCUT2D eigenvalue weighted by Crippen LogP contribution is -2.41. The lowest BCUT2D eigenvalue weighted by Gasteiger charge is -2.26. The number of carbonyl (C=O) groups is 1. The molecule has 1 amide bonds. The molecule has 2 aromatic heterocycles. The predicted octanol–water partition coefficient (Wildman–Crippen LogP) is 1.67. The molecule has 0 spiro atoms. The maximum atomic E-state index is 13.0. The van der Waals surface area contributed by atoms with E-state index in [4.69, 9.17) is 9.47 Å². The van der Waals surface area contributed by atoms with Crippen molar-refractivity contribution in [3.8, 4) is 0 Å². The normalized spacial score (nSPS) is 15.0. The maximum Gasteiger partial charge on any atom is 0.263 e. The molecule has 0 atom stereocenters. The van der Waals surface area contributed by atoms with Crippen molar-refractivity contribution in [3.63, 3.8) is 0 Å². The minimum Gasteiger partial charge on any atom is -0.383 e. The number of amides is 1. The highest BCUT2D eigenvalue weighted by molar-refractivity contribution is 7.99. The molecule has 2 aromatic rings. The minimum atomic E-state index is -0.0600. The third kappa shape index (κ3) is 3.95. The van der Waals surface area contributed by atoms with Gasteiger partial charge in [0.1, 0.15) is 4.83 Å². The Hall–Kier alpha value is -1.42. The number of thiophene rings is 1. The first kappa shape index (κ1) is 19.3. The third-order valence-electron chi connectivity index (χ3n) is 4.46. The Morgan fingerprint density at radius 3 is 2.77 bits per heavy atom. The summed E-state index contributed by atoms with van der Waals surface area (Å²) in [5, 5.41) is 1.25. The summed E-state index contributed by atoms with van der Waals surface area (Å²) in [6.07, 6.45) is 0. The second-order valence-electron chi connectivity index (χ2n) is 6.09. The Balaban J connectivity index is 1.87. The topological polar surface area (TPSA) is 73.7 Å². The number of hydrogen-bond acceptors (Lipinski definition) is 7. The fourth-order valence-corrected chi connectivity index (χ4v) is 4.83. The molecule has 1 saturated heterocycles. The molecule has 0 aromatic carbocycles. The molecule has 1 aliphatic rings. The van der Waals surface area contributed by atoms with Crippen molar-refractivity contribution in [1.29, 1.82) is 0 Å². The lowest BCUT2D eigenvalue weighted by molar-refractivity contribution is -0.132. The van der Waals surface area contributed by atoms with Crippen LogP contribution in [0.4, 0.5) is 0 Å². The van der Waals surface area contributed by atoms with Crippen LogP contribution in [0.2, 0.25) is 0 Å². The fraction of sp³-hybridized carbons (Fsp3) is 0.588. The Morgan fingerprint density at radius 2 is 2.08 bits per heavy atom. The molecule has 1 aliphatic heterocycles. The molecule has 142 valence electrons. The Morgan fingerprint density at radius 1 is 1.35 bits per heavy atom. The van der Waals surface area contributed by atoms with Gasteiger partial charge < -0.3 is 14.4 Å². The van der Waals surface area contributed by atoms with E-state index < -0.39 is 0 Å². The standard InChI is InChI=1S/C17H23N3O4S2/c1-11-12(2)26-15-14(11)16(22)20(6-7-23-3)17(18-15)25-10-13(21)19-4-8-24-9-5-19/h4-10H2,1-3H3. The summed E-state index contributed by atoms with van der Waals surface area (Å²) in [6, 6.07) is 0. The summed E-state index contributed by atoms with van der Waals surface area (Å²) in [5.74, 6) is 0.304. The maximum absolute atomic E-state index is 13.0. The van der Waals surface area contributed by atoms with Crippen LogP contribution in [0.5, 0.6) is 0 Å². The molecule has 0 aliphatic carbocycles. The van der Waals surface area contributed by atoms with Gasteiger partial charge in [-0.2, -0.15) is 0 Å². The predicted molar refractivity (Wildman–Crippen MR) is 103 cm³/mol. The van der Waals surface area contributed by atoms with Crippen LogP contribution in [0.25, 0.3) is 10.2 Å². The molecule has 26 heavy (non-hydrogen) atoms. The van der Waals surface area contributed by atoms with Crippen molar-refractivity contribution in [1.82, 2.24) is 14.5 Å². The summed E-state index contributed by atoms with van der Waals surface area (Å²) >= 11 is 2.84. The SMILES string of the molecule is COCCn1c(SCC(=O)N2CCOCC2)nc2sc(C)c(C)c2c1=O. The highest BCUT2D eigenvalue weighted by Crippen LogP contribution is 2.28. The van der Waals surface area contributed by atoms with Crippen LogP contribution < -0.4 is 5.56 Å². The van der Waals surface area contributed by atoms with Gasteiger partial charge >= 0.3 is 0 Å². The number of hydrogen-bond donors (Lipinski definition) is 0. The molecule has 9 heteroatoms. The smallest absolute Gasteiger partial charge is 0.263 e. The van der Waals surface area contributed by atoms with Crippen LogP contribution >= 0.6 is 23.1 Å². The Kier molecular flexibility index (Phi) is 6.33. The van der Waals surface area contributed by atoms with Gasteiger partial charge in [0.25, 0.3) is 5.56 Å². The zero-order valence-corrected chi connectivity index (χ0v) is 16.9. The van der Waals surface area contributed by atoms with Crippen LogP contribution in [0, 0.1) is 13.8 Å². The molecule has 0 radical (unpaired) electrons. The molecular formula is C17H23N3O4S2. The first-order chi connectivity index (χ1) is 12.5. The quantitative estimate of drug-likeness (QED) is 0.545. The largest absolute Gasteiger partial charge is 0.383 e. The van der Waals surface area contributed by atoms with E-state index in [1.54, 1.807) is 16.6 Å². The van der Waals surface area contributed by atoms with E-state index in [0.29, 0.717) is 50.0 Å². The van der Waals surface area contributed by atoms with Crippen molar-refractivity contribution in [2.75, 3.05) is 45.8 Å². The van der Waals surface area contributed by atoms with Crippen LogP contribution in [0.3, 0.4) is 0 Å². The monoisotopic (exact) mass is 397 g/mol. The van der Waals surface area contributed by atoms with Gasteiger partial charge in [0.15, 0.2) is 5.16 Å². The van der Waals surface area contributed by atoms with Gasteiger partial charge in [0.2, 0.25) is 5.91 Å². The Bertz CT molecular complexity index is 856. The van der Waals surface area contributed by atoms with E-state index >= 15 is 0 Å². The molecule has 3 rings (SSSR count). The molecule has 1 fully saturated rings. The van der Waals surface area contributed by atoms with Gasteiger partial charge in [0.05, 0.1) is 37.5 Å². The minimum absolute atomic E-state index is 0.0458. The van der Waals surface area contributed by atoms with Crippen molar-refractivity contribution >= 4 is 39.2 Å². The van der Waals surface area contributed by atoms with Gasteiger partial charge in [-0.3, -0.25) is 14.2 Å². The second-order valence-corrected chi connectivity index (χ2v) is 8.23. The summed E-state index contributed by atoms with van der Waals surface area (Å²) in [7, 11) is 1.60. The van der Waals surface area contributed by atoms with E-state index in [1.807, 2.05) is 13.8 Å². The number of ether oxygens (including phenoxy) is 2. The number of rotatable bonds is 6. The first-order valence-electron chi connectivity index (χ1n) is 8.50. The van der Waals surface area contributed by atoms with Crippen molar-refractivity contribution < 1.29 is 14.3 Å². The average Bonchev–Trinajstić information content (AvgIpc) is 2.94. The van der Waals surface area contributed by atoms with Crippen LogP contribution in [-0.2, 0) is 20.8 Å². The molecule has 0 unspecified atom stereocenters. The summed E-state index contributed by atoms with van der Waals surface area (Å²) < 4.78 is 12.1. The average molecular weight is 398 g/mol. The van der Waals surface area contributed by atoms with E-state index in [9.17, 15) is 9.59 Å². The van der Waals surface area contributed by atoms with E-state index in [1.165, 1.54) is 23.1 Å². The first-order valence-corrected chi connectivity index (χ1v) is 10.3. The fourth-order valence-electron chi connectivity index (χ4n) is 2.83. The Labute approximate surface area is 160 Å². The van der Waals surface area contributed by atoms with Gasteiger partial charge in [-0.25, -0.2) is 4.98 Å². The zero-order valence-electron chi connectivity index (χ0n) is 15.2. The molecule has 3 heterocycles. The van der Waals surface area contributed by atoms with Crippen LogP contribution in [-0.4, -0.2) is 66.1 Å². The number of carbonyl (C=O) groups excluding carboxylic acids is 1. The highest BCUT2D eigenvalue weighted by atomic mass is 32.2. The lowest BCUT2D eigenvalue weighted by atomic mass is 10.2. The number of nitrogens with zero attached hydrogens (tertiary/aromatic N) is 3. The highest BCUT2D eigenvalue weighted by Gasteiger charge is 2.20. The zero-order chi connectivity index (χ0) is 18.7. The molecule has 0 N–H and O–H groups in total. The number of fused-ring (bicyclic) bond motifs is 1. The number of thioether (sulfide) groups is 1. The van der Waals surface area contributed by atoms with E-state index in [2.05, 4.69) is 4.98 Å². The molecule has 7 nitrogen and oxygen atoms in total. The van der Waals surface area contributed by atoms with E-state index in [0.717, 1.165) is 15.3 Å². The number of aryl methyl sites for hydroxylation is 2. The molecule has 0 bridgehead atoms. The second kappa shape index (κ2) is 8.51.